The van der Waals surface area contributed by atoms with E-state index in [9.17, 15) is 14.7 Å². The normalized spacial score (nSPS) is 11.3. The van der Waals surface area contributed by atoms with E-state index in [1.54, 1.807) is 25.1 Å². The van der Waals surface area contributed by atoms with Gasteiger partial charge in [-0.15, -0.1) is 5.10 Å². The molecular weight excluding hydrogens is 402 g/mol. The summed E-state index contributed by atoms with van der Waals surface area (Å²) in [5, 5.41) is 24.8. The van der Waals surface area contributed by atoms with Crippen LogP contribution in [-0.2, 0) is 9.59 Å². The Balaban J connectivity index is 2.21. The molecule has 2 rings (SSSR count). The molecule has 0 atom stereocenters. The molecule has 8 nitrogen and oxygen atoms in total. The van der Waals surface area contributed by atoms with Gasteiger partial charge in [0.15, 0.2) is 6.61 Å². The lowest BCUT2D eigenvalue weighted by atomic mass is 10.2. The second-order valence-electron chi connectivity index (χ2n) is 4.49. The summed E-state index contributed by atoms with van der Waals surface area (Å²) in [6.45, 7) is 1.25. The highest BCUT2D eigenvalue weighted by Crippen LogP contribution is 2.30. The number of rotatable bonds is 7. The zero-order valence-corrected chi connectivity index (χ0v) is 14.7. The van der Waals surface area contributed by atoms with E-state index in [1.807, 2.05) is 0 Å². The number of hydrogen-bond donors (Lipinski definition) is 3. The first-order chi connectivity index (χ1) is 11.3. The highest BCUT2D eigenvalue weighted by Gasteiger charge is 2.13. The summed E-state index contributed by atoms with van der Waals surface area (Å²) < 4.78 is 5.61. The van der Waals surface area contributed by atoms with Crippen molar-refractivity contribution in [1.29, 1.82) is 0 Å². The number of hydrogen-bond acceptors (Lipinski definition) is 6. The number of thioether (sulfide) groups is 1. The predicted octanol–water partition coefficient (Wildman–Crippen LogP) is 2.56. The van der Waals surface area contributed by atoms with Crippen molar-refractivity contribution in [2.75, 3.05) is 6.61 Å². The monoisotopic (exact) mass is 413 g/mol. The third kappa shape index (κ3) is 5.10. The first-order valence-electron chi connectivity index (χ1n) is 6.51. The number of carboxylic acid groups (broad SMARTS) is 2. The number of aromatic amines is 1. The first-order valence-corrected chi connectivity index (χ1v) is 8.12. The van der Waals surface area contributed by atoms with Crippen molar-refractivity contribution in [1.82, 2.24) is 15.2 Å². The van der Waals surface area contributed by atoms with Crippen LogP contribution in [0.25, 0.3) is 6.08 Å². The molecule has 0 bridgehead atoms. The molecule has 1 aromatic carbocycles. The molecular formula is C14H12BrN3O5S. The van der Waals surface area contributed by atoms with E-state index in [4.69, 9.17) is 9.84 Å². The number of halogens is 1. The van der Waals surface area contributed by atoms with Crippen molar-refractivity contribution in [3.05, 3.63) is 39.0 Å². The number of aryl methyl sites for hydroxylation is 1. The number of carboxylic acids is 2. The molecule has 0 saturated carbocycles. The van der Waals surface area contributed by atoms with Crippen LogP contribution in [0.5, 0.6) is 5.75 Å². The van der Waals surface area contributed by atoms with Gasteiger partial charge in [-0.25, -0.2) is 14.6 Å². The number of H-pyrrole nitrogens is 1. The Morgan fingerprint density at radius 3 is 2.71 bits per heavy atom. The molecule has 0 unspecified atom stereocenters. The van der Waals surface area contributed by atoms with Gasteiger partial charge in [-0.05, 0) is 58.4 Å². The van der Waals surface area contributed by atoms with Gasteiger partial charge >= 0.3 is 11.9 Å². The summed E-state index contributed by atoms with van der Waals surface area (Å²) in [5.41, 5.74) is 0.599. The van der Waals surface area contributed by atoms with Crippen LogP contribution in [-0.4, -0.2) is 43.9 Å². The van der Waals surface area contributed by atoms with E-state index < -0.39 is 18.5 Å². The van der Waals surface area contributed by atoms with Crippen molar-refractivity contribution in [2.24, 2.45) is 0 Å². The molecule has 2 aromatic rings. The van der Waals surface area contributed by atoms with E-state index in [0.717, 1.165) is 11.8 Å². The fourth-order valence-corrected chi connectivity index (χ4v) is 2.88. The summed E-state index contributed by atoms with van der Waals surface area (Å²) >= 11 is 4.18. The number of aromatic nitrogens is 3. The Kier molecular flexibility index (Phi) is 5.99. The fourth-order valence-electron chi connectivity index (χ4n) is 1.62. The summed E-state index contributed by atoms with van der Waals surface area (Å²) in [5.74, 6) is -1.25. The fraction of sp³-hybridized carbons (Fsp3) is 0.143. The molecule has 24 heavy (non-hydrogen) atoms. The maximum absolute atomic E-state index is 11.4. The average molecular weight is 414 g/mol. The molecule has 1 aromatic heterocycles. The van der Waals surface area contributed by atoms with Crippen molar-refractivity contribution in [3.63, 3.8) is 0 Å². The van der Waals surface area contributed by atoms with Gasteiger partial charge in [0.1, 0.15) is 16.5 Å². The van der Waals surface area contributed by atoms with Crippen LogP contribution >= 0.6 is 27.7 Å². The Labute approximate surface area is 149 Å². The molecule has 0 aliphatic heterocycles. The van der Waals surface area contributed by atoms with E-state index >= 15 is 0 Å². The highest BCUT2D eigenvalue weighted by molar-refractivity contribution is 9.10. The van der Waals surface area contributed by atoms with Crippen LogP contribution < -0.4 is 4.74 Å². The lowest BCUT2D eigenvalue weighted by molar-refractivity contribution is -0.139. The van der Waals surface area contributed by atoms with E-state index in [-0.39, 0.29) is 4.91 Å². The second-order valence-corrected chi connectivity index (χ2v) is 6.35. The molecule has 1 heterocycles. The molecule has 10 heteroatoms. The number of aliphatic carboxylic acids is 2. The molecule has 0 radical (unpaired) electrons. The number of benzene rings is 1. The topological polar surface area (TPSA) is 125 Å². The van der Waals surface area contributed by atoms with Gasteiger partial charge in [-0.2, -0.15) is 0 Å². The highest BCUT2D eigenvalue weighted by atomic mass is 79.9. The van der Waals surface area contributed by atoms with E-state index in [2.05, 4.69) is 31.1 Å². The smallest absolute Gasteiger partial charge is 0.342 e. The minimum atomic E-state index is -1.11. The van der Waals surface area contributed by atoms with Gasteiger partial charge in [0.2, 0.25) is 5.16 Å². The summed E-state index contributed by atoms with van der Waals surface area (Å²) in [6.07, 6.45) is 1.46. The number of ether oxygens (including phenoxy) is 1. The Morgan fingerprint density at radius 1 is 1.42 bits per heavy atom. The standard InChI is InChI=1S/C14H12BrN3O5S/c1-7-16-14(18-17-7)24-11(13(21)22)5-8-2-3-10(9(15)4-8)23-6-12(19)20/h2-5H,6H2,1H3,(H,19,20)(H,21,22)(H,16,17,18)/b11-5+. The molecule has 0 amide bonds. The lowest BCUT2D eigenvalue weighted by Crippen LogP contribution is -2.09. The van der Waals surface area contributed by atoms with Gasteiger partial charge in [-0.1, -0.05) is 6.07 Å². The molecule has 126 valence electrons. The molecule has 0 aliphatic rings. The van der Waals surface area contributed by atoms with Crippen LogP contribution in [0, 0.1) is 6.92 Å². The second kappa shape index (κ2) is 7.97. The SMILES string of the molecule is Cc1nc(S/C(=C/c2ccc(OCC(=O)O)c(Br)c2)C(=O)O)n[nH]1. The number of nitrogens with zero attached hydrogens (tertiary/aromatic N) is 2. The van der Waals surface area contributed by atoms with E-state index in [0.29, 0.717) is 26.8 Å². The minimum Gasteiger partial charge on any atom is -0.481 e. The molecule has 0 saturated heterocycles. The Morgan fingerprint density at radius 2 is 2.17 bits per heavy atom. The quantitative estimate of drug-likeness (QED) is 0.466. The summed E-state index contributed by atoms with van der Waals surface area (Å²) in [6, 6.07) is 4.80. The first kappa shape index (κ1) is 18.0. The van der Waals surface area contributed by atoms with Gasteiger partial charge < -0.3 is 14.9 Å². The van der Waals surface area contributed by atoms with Crippen LogP contribution in [0.4, 0.5) is 0 Å². The van der Waals surface area contributed by atoms with Gasteiger partial charge in [-0.3, -0.25) is 5.10 Å². The minimum absolute atomic E-state index is 0.0418. The third-order valence-electron chi connectivity index (χ3n) is 2.59. The van der Waals surface area contributed by atoms with Gasteiger partial charge in [0.05, 0.1) is 4.47 Å². The zero-order chi connectivity index (χ0) is 17.7. The van der Waals surface area contributed by atoms with Crippen LogP contribution in [0.15, 0.2) is 32.7 Å². The maximum atomic E-state index is 11.4. The van der Waals surface area contributed by atoms with Crippen molar-refractivity contribution in [2.45, 2.75) is 12.1 Å². The molecule has 0 aliphatic carbocycles. The Bertz CT molecular complexity index is 805. The van der Waals surface area contributed by atoms with E-state index in [1.165, 1.54) is 6.08 Å². The largest absolute Gasteiger partial charge is 0.481 e. The van der Waals surface area contributed by atoms with Gasteiger partial charge in [0, 0.05) is 0 Å². The van der Waals surface area contributed by atoms with Crippen LogP contribution in [0.3, 0.4) is 0 Å². The van der Waals surface area contributed by atoms with Crippen molar-refractivity contribution < 1.29 is 24.5 Å². The predicted molar refractivity (Wildman–Crippen MR) is 89.9 cm³/mol. The van der Waals surface area contributed by atoms with Crippen molar-refractivity contribution >= 4 is 45.7 Å². The summed E-state index contributed by atoms with van der Waals surface area (Å²) in [4.78, 5) is 26.0. The molecule has 0 spiro atoms. The third-order valence-corrected chi connectivity index (χ3v) is 4.09. The van der Waals surface area contributed by atoms with Gasteiger partial charge in [0.25, 0.3) is 0 Å². The molecule has 3 N–H and O–H groups in total. The van der Waals surface area contributed by atoms with Crippen LogP contribution in [0.1, 0.15) is 11.4 Å². The number of nitrogens with one attached hydrogen (secondary N) is 1. The Hall–Kier alpha value is -2.33. The lowest BCUT2D eigenvalue weighted by Gasteiger charge is -2.07. The molecule has 0 fully saturated rings. The average Bonchev–Trinajstić information content (AvgIpc) is 2.90. The van der Waals surface area contributed by atoms with Crippen LogP contribution in [0.2, 0.25) is 0 Å². The maximum Gasteiger partial charge on any atom is 0.342 e. The number of carbonyl (C=O) groups is 2. The van der Waals surface area contributed by atoms with Crippen molar-refractivity contribution in [3.8, 4) is 5.75 Å². The summed E-state index contributed by atoms with van der Waals surface area (Å²) in [7, 11) is 0. The zero-order valence-electron chi connectivity index (χ0n) is 12.3.